The number of anilines is 1. The summed E-state index contributed by atoms with van der Waals surface area (Å²) in [5.74, 6) is 0.417. The molecule has 1 amide bonds. The second-order valence-electron chi connectivity index (χ2n) is 7.26. The van der Waals surface area contributed by atoms with Crippen LogP contribution in [0.15, 0.2) is 76.4 Å². The highest BCUT2D eigenvalue weighted by molar-refractivity contribution is 7.92. The van der Waals surface area contributed by atoms with E-state index in [1.54, 1.807) is 36.6 Å². The van der Waals surface area contributed by atoms with E-state index in [-0.39, 0.29) is 11.9 Å². The predicted molar refractivity (Wildman–Crippen MR) is 115 cm³/mol. The average molecular weight is 423 g/mol. The van der Waals surface area contributed by atoms with Crippen molar-refractivity contribution in [2.24, 2.45) is 5.10 Å². The quantitative estimate of drug-likeness (QED) is 0.673. The molecule has 0 bridgehead atoms. The molecule has 1 aliphatic rings. The van der Waals surface area contributed by atoms with Crippen molar-refractivity contribution in [3.63, 3.8) is 0 Å². The SMILES string of the molecule is Cc1cccc(C(=O)N2N=C(c3cccc(NS(C)(=O)=O)c3)CC2c2ccco2)c1. The Morgan fingerprint density at radius 2 is 1.93 bits per heavy atom. The molecule has 4 rings (SSSR count). The van der Waals surface area contributed by atoms with Crippen molar-refractivity contribution in [2.75, 3.05) is 11.0 Å². The van der Waals surface area contributed by atoms with E-state index in [4.69, 9.17) is 4.42 Å². The van der Waals surface area contributed by atoms with Gasteiger partial charge in [0.2, 0.25) is 10.0 Å². The molecule has 0 saturated heterocycles. The summed E-state index contributed by atoms with van der Waals surface area (Å²) in [4.78, 5) is 13.2. The summed E-state index contributed by atoms with van der Waals surface area (Å²) in [6.45, 7) is 1.93. The molecule has 0 radical (unpaired) electrons. The third kappa shape index (κ3) is 4.28. The molecule has 0 spiro atoms. The molecule has 1 aromatic heterocycles. The van der Waals surface area contributed by atoms with Crippen LogP contribution in [0.3, 0.4) is 0 Å². The number of hydrogen-bond acceptors (Lipinski definition) is 5. The molecule has 7 nitrogen and oxygen atoms in total. The molecular formula is C22H21N3O4S. The van der Waals surface area contributed by atoms with E-state index in [1.165, 1.54) is 5.01 Å². The molecule has 1 atom stereocenters. The number of hydrazone groups is 1. The largest absolute Gasteiger partial charge is 0.467 e. The van der Waals surface area contributed by atoms with Crippen molar-refractivity contribution in [3.8, 4) is 0 Å². The smallest absolute Gasteiger partial charge is 0.274 e. The van der Waals surface area contributed by atoms with Crippen LogP contribution in [0, 0.1) is 6.92 Å². The van der Waals surface area contributed by atoms with Gasteiger partial charge in [0.05, 0.1) is 18.2 Å². The highest BCUT2D eigenvalue weighted by atomic mass is 32.2. The fourth-order valence-electron chi connectivity index (χ4n) is 3.46. The standard InChI is InChI=1S/C22H21N3O4S/c1-15-6-3-8-17(12-15)22(26)25-20(21-10-5-11-29-21)14-19(23-25)16-7-4-9-18(13-16)24-30(2,27)28/h3-13,20,24H,14H2,1-2H3. The number of carbonyl (C=O) groups excluding carboxylic acids is 1. The van der Waals surface area contributed by atoms with Crippen molar-refractivity contribution in [3.05, 3.63) is 89.4 Å². The lowest BCUT2D eigenvalue weighted by molar-refractivity contribution is 0.0692. The summed E-state index contributed by atoms with van der Waals surface area (Å²) in [7, 11) is -3.40. The minimum atomic E-state index is -3.40. The van der Waals surface area contributed by atoms with Gasteiger partial charge in [-0.2, -0.15) is 5.10 Å². The van der Waals surface area contributed by atoms with Crippen molar-refractivity contribution >= 4 is 27.3 Å². The number of benzene rings is 2. The number of nitrogens with one attached hydrogen (secondary N) is 1. The van der Waals surface area contributed by atoms with Crippen LogP contribution < -0.4 is 4.72 Å². The lowest BCUT2D eigenvalue weighted by Crippen LogP contribution is -2.26. The van der Waals surface area contributed by atoms with Crippen molar-refractivity contribution < 1.29 is 17.6 Å². The van der Waals surface area contributed by atoms with Gasteiger partial charge < -0.3 is 4.42 Å². The van der Waals surface area contributed by atoms with E-state index >= 15 is 0 Å². The van der Waals surface area contributed by atoms with E-state index in [0.717, 1.165) is 17.4 Å². The minimum Gasteiger partial charge on any atom is -0.467 e. The number of carbonyl (C=O) groups is 1. The number of rotatable bonds is 5. The van der Waals surface area contributed by atoms with Crippen LogP contribution in [-0.4, -0.2) is 31.3 Å². The van der Waals surface area contributed by atoms with Gasteiger partial charge in [0, 0.05) is 17.7 Å². The molecule has 2 heterocycles. The Morgan fingerprint density at radius 3 is 2.63 bits per heavy atom. The van der Waals surface area contributed by atoms with E-state index in [1.807, 2.05) is 37.3 Å². The molecule has 3 aromatic rings. The van der Waals surface area contributed by atoms with Crippen molar-refractivity contribution in [2.45, 2.75) is 19.4 Å². The number of aryl methyl sites for hydroxylation is 1. The van der Waals surface area contributed by atoms with Gasteiger partial charge in [0.25, 0.3) is 5.91 Å². The molecule has 1 N–H and O–H groups in total. The maximum atomic E-state index is 13.2. The zero-order chi connectivity index (χ0) is 21.3. The van der Waals surface area contributed by atoms with Gasteiger partial charge in [-0.05, 0) is 48.9 Å². The van der Waals surface area contributed by atoms with Crippen LogP contribution in [0.5, 0.6) is 0 Å². The Balaban J connectivity index is 1.70. The maximum Gasteiger partial charge on any atom is 0.274 e. The Labute approximate surface area is 175 Å². The van der Waals surface area contributed by atoms with Crippen LogP contribution >= 0.6 is 0 Å². The molecule has 30 heavy (non-hydrogen) atoms. The third-order valence-electron chi connectivity index (χ3n) is 4.75. The van der Waals surface area contributed by atoms with Crippen molar-refractivity contribution in [1.82, 2.24) is 5.01 Å². The molecule has 1 unspecified atom stereocenters. The summed E-state index contributed by atoms with van der Waals surface area (Å²) in [5.41, 5.74) is 3.38. The van der Waals surface area contributed by atoms with Gasteiger partial charge in [-0.15, -0.1) is 0 Å². The van der Waals surface area contributed by atoms with Gasteiger partial charge in [-0.25, -0.2) is 13.4 Å². The molecule has 0 fully saturated rings. The van der Waals surface area contributed by atoms with Gasteiger partial charge in [-0.3, -0.25) is 9.52 Å². The number of nitrogens with zero attached hydrogens (tertiary/aromatic N) is 2. The number of furan rings is 1. The zero-order valence-corrected chi connectivity index (χ0v) is 17.4. The third-order valence-corrected chi connectivity index (χ3v) is 5.36. The summed E-state index contributed by atoms with van der Waals surface area (Å²) in [6.07, 6.45) is 3.12. The molecule has 1 aliphatic heterocycles. The minimum absolute atomic E-state index is 0.222. The van der Waals surface area contributed by atoms with Crippen LogP contribution in [0.25, 0.3) is 0 Å². The van der Waals surface area contributed by atoms with Gasteiger partial charge in [0.1, 0.15) is 11.8 Å². The fraction of sp³-hybridized carbons (Fsp3) is 0.182. The highest BCUT2D eigenvalue weighted by Gasteiger charge is 2.35. The lowest BCUT2D eigenvalue weighted by Gasteiger charge is -2.20. The predicted octanol–water partition coefficient (Wildman–Crippen LogP) is 3.95. The summed E-state index contributed by atoms with van der Waals surface area (Å²) < 4.78 is 31.2. The number of amides is 1. The van der Waals surface area contributed by atoms with Crippen LogP contribution in [-0.2, 0) is 10.0 Å². The first-order chi connectivity index (χ1) is 14.3. The molecule has 8 heteroatoms. The van der Waals surface area contributed by atoms with E-state index in [2.05, 4.69) is 9.82 Å². The lowest BCUT2D eigenvalue weighted by atomic mass is 10.0. The Kier molecular flexibility index (Phi) is 5.17. The van der Waals surface area contributed by atoms with Gasteiger partial charge >= 0.3 is 0 Å². The van der Waals surface area contributed by atoms with Crippen molar-refractivity contribution in [1.29, 1.82) is 0 Å². The Hall–Kier alpha value is -3.39. The first-order valence-electron chi connectivity index (χ1n) is 9.39. The highest BCUT2D eigenvalue weighted by Crippen LogP contribution is 2.34. The zero-order valence-electron chi connectivity index (χ0n) is 16.6. The van der Waals surface area contributed by atoms with Crippen LogP contribution in [0.4, 0.5) is 5.69 Å². The molecule has 154 valence electrons. The average Bonchev–Trinajstić information content (AvgIpc) is 3.36. The molecule has 0 saturated carbocycles. The van der Waals surface area contributed by atoms with Gasteiger partial charge in [0.15, 0.2) is 0 Å². The van der Waals surface area contributed by atoms with Crippen LogP contribution in [0.1, 0.15) is 39.7 Å². The fourth-order valence-corrected chi connectivity index (χ4v) is 4.02. The summed E-state index contributed by atoms with van der Waals surface area (Å²) >= 11 is 0. The molecule has 2 aromatic carbocycles. The van der Waals surface area contributed by atoms with E-state index in [9.17, 15) is 13.2 Å². The first-order valence-corrected chi connectivity index (χ1v) is 11.3. The monoisotopic (exact) mass is 423 g/mol. The molecule has 0 aliphatic carbocycles. The second-order valence-corrected chi connectivity index (χ2v) is 9.00. The first kappa shape index (κ1) is 19.9. The summed E-state index contributed by atoms with van der Waals surface area (Å²) in [6, 6.07) is 17.5. The topological polar surface area (TPSA) is 92.0 Å². The van der Waals surface area contributed by atoms with Gasteiger partial charge in [-0.1, -0.05) is 29.8 Å². The summed E-state index contributed by atoms with van der Waals surface area (Å²) in [5, 5.41) is 6.05. The Bertz CT molecular complexity index is 1220. The van der Waals surface area contributed by atoms with Crippen LogP contribution in [0.2, 0.25) is 0 Å². The van der Waals surface area contributed by atoms with E-state index in [0.29, 0.717) is 29.1 Å². The van der Waals surface area contributed by atoms with E-state index < -0.39 is 10.0 Å². The molecular weight excluding hydrogens is 402 g/mol. The number of hydrogen-bond donors (Lipinski definition) is 1. The maximum absolute atomic E-state index is 13.2. The number of sulfonamides is 1. The second kappa shape index (κ2) is 7.79. The normalized spacial score (nSPS) is 16.4. The Morgan fingerprint density at radius 1 is 1.13 bits per heavy atom.